The molecule has 0 fully saturated rings. The summed E-state index contributed by atoms with van der Waals surface area (Å²) < 4.78 is 25.1. The Morgan fingerprint density at radius 2 is 2.23 bits per heavy atom. The first-order chi connectivity index (χ1) is 6.07. The zero-order chi connectivity index (χ0) is 10.0. The second-order valence-corrected chi connectivity index (χ2v) is 3.36. The molecular weight excluding hydrogens is 244 g/mol. The number of hydrogen-bond donors (Lipinski definition) is 1. The van der Waals surface area contributed by atoms with Gasteiger partial charge in [-0.25, -0.2) is 8.78 Å². The molecule has 72 valence electrons. The number of hydrogen-bond acceptors (Lipinski definition) is 2. The van der Waals surface area contributed by atoms with Gasteiger partial charge in [-0.05, 0) is 12.5 Å². The van der Waals surface area contributed by atoms with E-state index in [9.17, 15) is 8.78 Å². The Kier molecular flexibility index (Phi) is 3.33. The Morgan fingerprint density at radius 3 is 2.69 bits per heavy atom. The van der Waals surface area contributed by atoms with E-state index in [0.29, 0.717) is 15.6 Å². The molecule has 0 aliphatic rings. The first-order valence-electron chi connectivity index (χ1n) is 3.60. The topological polar surface area (TPSA) is 33.1 Å². The van der Waals surface area contributed by atoms with Gasteiger partial charge in [0.1, 0.15) is 5.69 Å². The van der Waals surface area contributed by atoms with E-state index in [0.717, 1.165) is 0 Å². The van der Waals surface area contributed by atoms with Gasteiger partial charge < -0.3 is 5.11 Å². The number of nitrogens with zero attached hydrogens (tertiary/aromatic N) is 1. The Hall–Kier alpha value is -0.550. The summed E-state index contributed by atoms with van der Waals surface area (Å²) in [6.07, 6.45) is -1.33. The fraction of sp³-hybridized carbons (Fsp3) is 0.375. The lowest BCUT2D eigenvalue weighted by molar-refractivity contribution is 0.145. The largest absolute Gasteiger partial charge is 0.392 e. The number of aliphatic hydroxyl groups is 1. The molecule has 0 unspecified atom stereocenters. The van der Waals surface area contributed by atoms with Crippen LogP contribution >= 0.6 is 15.9 Å². The number of halogens is 3. The lowest BCUT2D eigenvalue weighted by Crippen LogP contribution is -1.99. The van der Waals surface area contributed by atoms with Crippen LogP contribution in [0, 0.1) is 6.92 Å². The predicted molar refractivity (Wildman–Crippen MR) is 47.6 cm³/mol. The van der Waals surface area contributed by atoms with E-state index < -0.39 is 6.43 Å². The maximum atomic E-state index is 12.3. The Bertz CT molecular complexity index is 317. The fourth-order valence-electron chi connectivity index (χ4n) is 0.984. The lowest BCUT2D eigenvalue weighted by atomic mass is 10.1. The number of rotatable bonds is 2. The van der Waals surface area contributed by atoms with E-state index in [1.54, 1.807) is 0 Å². The smallest absolute Gasteiger partial charge is 0.280 e. The predicted octanol–water partition coefficient (Wildman–Crippen LogP) is 2.58. The van der Waals surface area contributed by atoms with Crippen molar-refractivity contribution in [3.63, 3.8) is 0 Å². The molecule has 13 heavy (non-hydrogen) atoms. The molecule has 2 nitrogen and oxygen atoms in total. The van der Waals surface area contributed by atoms with Crippen molar-refractivity contribution >= 4 is 15.9 Å². The number of pyridine rings is 1. The van der Waals surface area contributed by atoms with E-state index in [2.05, 4.69) is 20.9 Å². The molecule has 1 aromatic rings. The van der Waals surface area contributed by atoms with E-state index in [1.165, 1.54) is 13.1 Å². The minimum absolute atomic E-state index is 0.210. The Balaban J connectivity index is 3.23. The van der Waals surface area contributed by atoms with Crippen LogP contribution in [0.3, 0.4) is 0 Å². The van der Waals surface area contributed by atoms with Crippen molar-refractivity contribution in [3.8, 4) is 0 Å². The Labute approximate surface area is 82.7 Å². The summed E-state index contributed by atoms with van der Waals surface area (Å²) in [5, 5.41) is 8.81. The molecule has 5 heteroatoms. The fourth-order valence-corrected chi connectivity index (χ4v) is 1.42. The average molecular weight is 252 g/mol. The third-order valence-corrected chi connectivity index (χ3v) is 2.84. The minimum atomic E-state index is -2.58. The average Bonchev–Trinajstić information content (AvgIpc) is 2.09. The third kappa shape index (κ3) is 2.03. The van der Waals surface area contributed by atoms with Gasteiger partial charge in [0.05, 0.1) is 6.61 Å². The van der Waals surface area contributed by atoms with Crippen LogP contribution in [0.4, 0.5) is 8.78 Å². The van der Waals surface area contributed by atoms with Crippen LogP contribution in [0.25, 0.3) is 0 Å². The van der Waals surface area contributed by atoms with Crippen molar-refractivity contribution in [1.82, 2.24) is 4.98 Å². The van der Waals surface area contributed by atoms with Gasteiger partial charge in [-0.15, -0.1) is 0 Å². The molecule has 0 radical (unpaired) electrons. The van der Waals surface area contributed by atoms with Crippen LogP contribution in [0.2, 0.25) is 0 Å². The molecule has 1 aromatic heterocycles. The number of aliphatic hydroxyl groups excluding tert-OH is 1. The van der Waals surface area contributed by atoms with Crippen molar-refractivity contribution in [1.29, 1.82) is 0 Å². The van der Waals surface area contributed by atoms with E-state index in [4.69, 9.17) is 5.11 Å². The van der Waals surface area contributed by atoms with Gasteiger partial charge in [-0.2, -0.15) is 0 Å². The van der Waals surface area contributed by atoms with Crippen molar-refractivity contribution in [3.05, 3.63) is 27.5 Å². The van der Waals surface area contributed by atoms with Gasteiger partial charge in [0.25, 0.3) is 6.43 Å². The molecule has 0 saturated carbocycles. The summed E-state index contributed by atoms with van der Waals surface area (Å²) in [5.41, 5.74) is 0.646. The lowest BCUT2D eigenvalue weighted by Gasteiger charge is -2.08. The molecule has 1 heterocycles. The van der Waals surface area contributed by atoms with E-state index in [-0.39, 0.29) is 12.3 Å². The summed E-state index contributed by atoms with van der Waals surface area (Å²) in [5.74, 6) is 0. The highest BCUT2D eigenvalue weighted by molar-refractivity contribution is 9.10. The summed E-state index contributed by atoms with van der Waals surface area (Å²) in [7, 11) is 0. The van der Waals surface area contributed by atoms with Gasteiger partial charge in [-0.1, -0.05) is 15.9 Å². The normalized spacial score (nSPS) is 10.9. The zero-order valence-corrected chi connectivity index (χ0v) is 8.48. The molecule has 0 aliphatic heterocycles. The Morgan fingerprint density at radius 1 is 1.62 bits per heavy atom. The second kappa shape index (κ2) is 4.11. The van der Waals surface area contributed by atoms with Gasteiger partial charge in [-0.3, -0.25) is 4.98 Å². The minimum Gasteiger partial charge on any atom is -0.392 e. The van der Waals surface area contributed by atoms with Gasteiger partial charge in [0.15, 0.2) is 0 Å². The van der Waals surface area contributed by atoms with Crippen LogP contribution in [0.15, 0.2) is 10.7 Å². The summed E-state index contributed by atoms with van der Waals surface area (Å²) >= 11 is 3.13. The number of aromatic nitrogens is 1. The molecular formula is C8H8BrF2NO. The third-order valence-electron chi connectivity index (χ3n) is 1.73. The van der Waals surface area contributed by atoms with Crippen LogP contribution in [0.1, 0.15) is 23.2 Å². The highest BCUT2D eigenvalue weighted by Crippen LogP contribution is 2.28. The summed E-state index contributed by atoms with van der Waals surface area (Å²) in [6.45, 7) is 1.33. The van der Waals surface area contributed by atoms with E-state index in [1.807, 2.05) is 0 Å². The maximum Gasteiger partial charge on any atom is 0.280 e. The van der Waals surface area contributed by atoms with Crippen LogP contribution in [-0.4, -0.2) is 10.1 Å². The second-order valence-electron chi connectivity index (χ2n) is 2.57. The summed E-state index contributed by atoms with van der Waals surface area (Å²) in [6, 6.07) is 0. The SMILES string of the molecule is Cc1c(C(F)F)ncc(CO)c1Br. The van der Waals surface area contributed by atoms with Gasteiger partial charge in [0.2, 0.25) is 0 Å². The molecule has 0 spiro atoms. The van der Waals surface area contributed by atoms with Crippen molar-refractivity contribution in [2.75, 3.05) is 0 Å². The molecule has 0 aromatic carbocycles. The monoisotopic (exact) mass is 251 g/mol. The molecule has 0 amide bonds. The molecule has 0 bridgehead atoms. The maximum absolute atomic E-state index is 12.3. The van der Waals surface area contributed by atoms with Crippen molar-refractivity contribution in [2.45, 2.75) is 20.0 Å². The summed E-state index contributed by atoms with van der Waals surface area (Å²) in [4.78, 5) is 3.57. The van der Waals surface area contributed by atoms with Crippen molar-refractivity contribution in [2.24, 2.45) is 0 Å². The molecule has 1 N–H and O–H groups in total. The molecule has 0 atom stereocenters. The molecule has 0 aliphatic carbocycles. The van der Waals surface area contributed by atoms with Crippen LogP contribution in [0.5, 0.6) is 0 Å². The first-order valence-corrected chi connectivity index (χ1v) is 4.40. The highest BCUT2D eigenvalue weighted by Gasteiger charge is 2.15. The van der Waals surface area contributed by atoms with Crippen LogP contribution < -0.4 is 0 Å². The van der Waals surface area contributed by atoms with Crippen molar-refractivity contribution < 1.29 is 13.9 Å². The van der Waals surface area contributed by atoms with Gasteiger partial charge >= 0.3 is 0 Å². The van der Waals surface area contributed by atoms with E-state index >= 15 is 0 Å². The molecule has 1 rings (SSSR count). The van der Waals surface area contributed by atoms with Gasteiger partial charge in [0, 0.05) is 16.2 Å². The molecule has 0 saturated heterocycles. The quantitative estimate of drug-likeness (QED) is 0.877. The first kappa shape index (κ1) is 10.5. The highest BCUT2D eigenvalue weighted by atomic mass is 79.9. The zero-order valence-electron chi connectivity index (χ0n) is 6.89. The number of alkyl halides is 2. The van der Waals surface area contributed by atoms with Crippen LogP contribution in [-0.2, 0) is 6.61 Å². The standard InChI is InChI=1S/C8H8BrF2NO/c1-4-6(9)5(3-13)2-12-7(4)8(10)11/h2,8,13H,3H2,1H3.